The van der Waals surface area contributed by atoms with E-state index in [0.29, 0.717) is 31.7 Å². The van der Waals surface area contributed by atoms with Crippen molar-refractivity contribution in [3.05, 3.63) is 24.4 Å². The molecule has 0 fully saturated rings. The molecule has 0 amide bonds. The Morgan fingerprint density at radius 3 is 2.32 bits per heavy atom. The lowest BCUT2D eigenvalue weighted by molar-refractivity contribution is -0.134. The molecule has 1 aromatic rings. The Morgan fingerprint density at radius 2 is 1.81 bits per heavy atom. The molecule has 1 aromatic heterocycles. The lowest BCUT2D eigenvalue weighted by atomic mass is 10.4. The van der Waals surface area contributed by atoms with E-state index in [0.717, 1.165) is 6.26 Å². The number of aromatic nitrogens is 2. The van der Waals surface area contributed by atoms with Crippen molar-refractivity contribution in [1.82, 2.24) is 25.5 Å². The molecule has 1 heterocycles. The first-order valence-electron chi connectivity index (χ1n) is 9.89. The zero-order valence-corrected chi connectivity index (χ0v) is 20.4. The zero-order chi connectivity index (χ0) is 28.5. The van der Waals surface area contributed by atoms with E-state index in [-0.39, 0.29) is 17.7 Å². The predicted octanol–water partition coefficient (Wildman–Crippen LogP) is -1.09. The lowest BCUT2D eigenvalue weighted by Crippen LogP contribution is -2.47. The number of nitrogens with two attached hydrogens (primary N) is 1. The molecule has 0 aliphatic heterocycles. The van der Waals surface area contributed by atoms with E-state index in [1.807, 2.05) is 0 Å². The van der Waals surface area contributed by atoms with Crippen molar-refractivity contribution in [2.75, 3.05) is 43.6 Å². The number of rotatable bonds is 11. The normalized spacial score (nSPS) is 12.4. The highest BCUT2D eigenvalue weighted by Crippen LogP contribution is 2.14. The number of hydrogen-bond acceptors (Lipinski definition) is 10. The monoisotopic (exact) mass is 556 g/mol. The maximum Gasteiger partial charge on any atom is 0.408 e. The summed E-state index contributed by atoms with van der Waals surface area (Å²) in [5, 5.41) is 21.0. The fraction of sp³-hybridized carbons (Fsp3) is 0.412. The van der Waals surface area contributed by atoms with Gasteiger partial charge in [0.25, 0.3) is 0 Å². The van der Waals surface area contributed by atoms with Crippen LogP contribution in [-0.2, 0) is 19.6 Å². The molecule has 16 nitrogen and oxygen atoms in total. The molecule has 0 aromatic carbocycles. The number of anilines is 2. The van der Waals surface area contributed by atoms with Gasteiger partial charge in [-0.3, -0.25) is 15.1 Å². The number of nitrogens with zero attached hydrogens (tertiary/aromatic N) is 4. The molecule has 0 saturated carbocycles. The largest absolute Gasteiger partial charge is 0.478 e. The summed E-state index contributed by atoms with van der Waals surface area (Å²) in [5.74, 6) is -2.46. The van der Waals surface area contributed by atoms with Crippen LogP contribution in [0.4, 0.5) is 24.9 Å². The molecule has 0 bridgehead atoms. The van der Waals surface area contributed by atoms with Gasteiger partial charge in [0.15, 0.2) is 5.96 Å². The van der Waals surface area contributed by atoms with E-state index in [4.69, 9.17) is 15.9 Å². The quantitative estimate of drug-likeness (QED) is 0.0531. The standard InChI is InChI=1S/C13H23F3N10O2S.C4H4O4/c1-18-11(26-29(2,27)28)25-22-6-3-5-19-12-20-7-4-9(24-12)23-10(17)21-8-13(14,15)16;5-3(6)1-2-4(7)8/h4,7,22H,3,5-6,8H2,1-2H3,(H2,18,25,26)(H4,17,19,20,21,23,24);1-2H,(H,5,6)(H,7,8)/b;2-1-. The Hall–Kier alpha value is -4.20. The molecule has 0 atom stereocenters. The maximum absolute atomic E-state index is 12.1. The van der Waals surface area contributed by atoms with Gasteiger partial charge in [-0.15, -0.1) is 0 Å². The second-order valence-corrected chi connectivity index (χ2v) is 8.24. The summed E-state index contributed by atoms with van der Waals surface area (Å²) in [7, 11) is -2.01. The number of guanidine groups is 2. The van der Waals surface area contributed by atoms with Crippen LogP contribution in [-0.4, -0.2) is 91.6 Å². The molecule has 0 aliphatic rings. The van der Waals surface area contributed by atoms with Gasteiger partial charge in [-0.2, -0.15) is 18.2 Å². The molecular weight excluding hydrogens is 529 g/mol. The van der Waals surface area contributed by atoms with Gasteiger partial charge >= 0.3 is 18.1 Å². The van der Waals surface area contributed by atoms with Gasteiger partial charge in [0.2, 0.25) is 21.9 Å². The predicted molar refractivity (Wildman–Crippen MR) is 128 cm³/mol. The van der Waals surface area contributed by atoms with Crippen molar-refractivity contribution in [1.29, 1.82) is 0 Å². The van der Waals surface area contributed by atoms with Crippen LogP contribution in [0.2, 0.25) is 0 Å². The van der Waals surface area contributed by atoms with Crippen LogP contribution in [0, 0.1) is 0 Å². The Balaban J connectivity index is 0.00000139. The average Bonchev–Trinajstić information content (AvgIpc) is 2.77. The third-order valence-electron chi connectivity index (χ3n) is 3.18. The third-order valence-corrected chi connectivity index (χ3v) is 3.75. The van der Waals surface area contributed by atoms with E-state index in [1.54, 1.807) is 0 Å². The number of hydrazine groups is 1. The molecule has 0 saturated heterocycles. The van der Waals surface area contributed by atoms with Crippen LogP contribution in [0.3, 0.4) is 0 Å². The smallest absolute Gasteiger partial charge is 0.408 e. The first-order valence-corrected chi connectivity index (χ1v) is 11.8. The third kappa shape index (κ3) is 20.9. The van der Waals surface area contributed by atoms with Crippen LogP contribution in [0.15, 0.2) is 34.4 Å². The van der Waals surface area contributed by atoms with E-state index in [1.165, 1.54) is 19.3 Å². The molecule has 0 aliphatic carbocycles. The highest BCUT2D eigenvalue weighted by molar-refractivity contribution is 7.89. The van der Waals surface area contributed by atoms with E-state index in [9.17, 15) is 31.2 Å². The Labute approximate surface area is 209 Å². The number of carboxylic acids is 2. The van der Waals surface area contributed by atoms with Crippen molar-refractivity contribution in [3.63, 3.8) is 0 Å². The summed E-state index contributed by atoms with van der Waals surface area (Å²) in [6, 6.07) is 1.42. The van der Waals surface area contributed by atoms with Gasteiger partial charge in [0.1, 0.15) is 12.4 Å². The molecule has 0 radical (unpaired) electrons. The number of halogens is 3. The van der Waals surface area contributed by atoms with Crippen LogP contribution in [0.5, 0.6) is 0 Å². The number of sulfonamides is 1. The lowest BCUT2D eigenvalue weighted by Gasteiger charge is -2.12. The molecule has 208 valence electrons. The number of aliphatic imine (C=N–C) groups is 2. The van der Waals surface area contributed by atoms with Crippen molar-refractivity contribution in [2.45, 2.75) is 12.6 Å². The molecule has 37 heavy (non-hydrogen) atoms. The average molecular weight is 557 g/mol. The van der Waals surface area contributed by atoms with Crippen LogP contribution < -0.4 is 31.9 Å². The fourth-order valence-corrected chi connectivity index (χ4v) is 2.32. The number of aliphatic carboxylic acids is 2. The fourth-order valence-electron chi connectivity index (χ4n) is 1.83. The van der Waals surface area contributed by atoms with Crippen LogP contribution >= 0.6 is 0 Å². The molecule has 0 unspecified atom stereocenters. The first-order chi connectivity index (χ1) is 17.1. The summed E-state index contributed by atoms with van der Waals surface area (Å²) in [4.78, 5) is 34.0. The molecule has 20 heteroatoms. The van der Waals surface area contributed by atoms with E-state index >= 15 is 0 Å². The SMILES string of the molecule is CN=C(NNCCCNc1nccc(NC(N)=NCC(F)(F)F)n1)NS(C)(=O)=O.O=C(O)/C=C\C(=O)O. The second-order valence-electron chi connectivity index (χ2n) is 6.50. The van der Waals surface area contributed by atoms with E-state index < -0.39 is 40.6 Å². The van der Waals surface area contributed by atoms with Gasteiger partial charge in [0, 0.05) is 38.5 Å². The minimum Gasteiger partial charge on any atom is -0.478 e. The van der Waals surface area contributed by atoms with Crippen molar-refractivity contribution in [3.8, 4) is 0 Å². The summed E-state index contributed by atoms with van der Waals surface area (Å²) in [6.45, 7) is -0.493. The summed E-state index contributed by atoms with van der Waals surface area (Å²) in [6.07, 6.45) is -0.334. The Bertz CT molecular complexity index is 1060. The van der Waals surface area contributed by atoms with Crippen LogP contribution in [0.1, 0.15) is 6.42 Å². The highest BCUT2D eigenvalue weighted by atomic mass is 32.2. The van der Waals surface area contributed by atoms with Crippen molar-refractivity contribution >= 4 is 45.6 Å². The maximum atomic E-state index is 12.1. The number of nitrogens with one attached hydrogen (secondary N) is 5. The van der Waals surface area contributed by atoms with Gasteiger partial charge in [-0.1, -0.05) is 0 Å². The summed E-state index contributed by atoms with van der Waals surface area (Å²) < 4.78 is 60.7. The second kappa shape index (κ2) is 16.5. The van der Waals surface area contributed by atoms with Gasteiger partial charge in [-0.05, 0) is 12.5 Å². The Morgan fingerprint density at radius 1 is 1.19 bits per heavy atom. The van der Waals surface area contributed by atoms with Crippen molar-refractivity contribution < 1.29 is 41.4 Å². The number of alkyl halides is 3. The molecule has 0 spiro atoms. The summed E-state index contributed by atoms with van der Waals surface area (Å²) >= 11 is 0. The summed E-state index contributed by atoms with van der Waals surface area (Å²) in [5.41, 5.74) is 10.8. The topological polar surface area (TPSA) is 245 Å². The molecule has 9 N–H and O–H groups in total. The zero-order valence-electron chi connectivity index (χ0n) is 19.6. The van der Waals surface area contributed by atoms with Gasteiger partial charge in [0.05, 0.1) is 6.26 Å². The van der Waals surface area contributed by atoms with Crippen LogP contribution in [0.25, 0.3) is 0 Å². The molecular formula is C17H27F3N10O6S. The van der Waals surface area contributed by atoms with E-state index in [2.05, 4.69) is 46.2 Å². The Kier molecular flexibility index (Phi) is 14.6. The first kappa shape index (κ1) is 32.8. The number of carbonyl (C=O) groups is 2. The number of hydrogen-bond donors (Lipinski definition) is 8. The number of carboxylic acid groups (broad SMARTS) is 2. The van der Waals surface area contributed by atoms with Crippen molar-refractivity contribution in [2.24, 2.45) is 15.7 Å². The minimum atomic E-state index is -4.45. The van der Waals surface area contributed by atoms with Gasteiger partial charge in [-0.25, -0.2) is 33.4 Å². The minimum absolute atomic E-state index is 0.0485. The highest BCUT2D eigenvalue weighted by Gasteiger charge is 2.26. The van der Waals surface area contributed by atoms with Gasteiger partial charge < -0.3 is 26.6 Å². The molecule has 1 rings (SSSR count).